The number of hydrogen-bond donors (Lipinski definition) is 1. The van der Waals surface area contributed by atoms with E-state index in [1.54, 1.807) is 0 Å². The van der Waals surface area contributed by atoms with Crippen LogP contribution in [0.2, 0.25) is 0 Å². The molecule has 2 heteroatoms. The topological polar surface area (TPSA) is 37.3 Å². The summed E-state index contributed by atoms with van der Waals surface area (Å²) in [6.45, 7) is 7.66. The van der Waals surface area contributed by atoms with E-state index in [9.17, 15) is 9.90 Å². The van der Waals surface area contributed by atoms with Crippen LogP contribution in [0.4, 0.5) is 0 Å². The largest absolute Gasteiger partial charge is 0.385 e. The van der Waals surface area contributed by atoms with Crippen LogP contribution < -0.4 is 0 Å². The van der Waals surface area contributed by atoms with Crippen molar-refractivity contribution < 1.29 is 9.90 Å². The fourth-order valence-corrected chi connectivity index (χ4v) is 1.15. The number of carbonyl (C=O) groups excluding carboxylic acids is 1. The van der Waals surface area contributed by atoms with Gasteiger partial charge in [-0.25, -0.2) is 0 Å². The van der Waals surface area contributed by atoms with Gasteiger partial charge in [0.25, 0.3) is 0 Å². The van der Waals surface area contributed by atoms with Gasteiger partial charge in [0.15, 0.2) is 5.78 Å². The normalized spacial score (nSPS) is 16.2. The van der Waals surface area contributed by atoms with Crippen LogP contribution in [-0.4, -0.2) is 17.0 Å². The fourth-order valence-electron chi connectivity index (χ4n) is 1.15. The zero-order valence-electron chi connectivity index (χ0n) is 8.50. The maximum atomic E-state index is 10.8. The van der Waals surface area contributed by atoms with E-state index in [-0.39, 0.29) is 11.7 Å². The van der Waals surface area contributed by atoms with Gasteiger partial charge in [0.1, 0.15) is 6.10 Å². The third-order valence-electron chi connectivity index (χ3n) is 2.15. The Bertz CT molecular complexity index is 141. The number of rotatable bonds is 5. The molecular formula is C10H20O2. The molecule has 0 aliphatic heterocycles. The van der Waals surface area contributed by atoms with Gasteiger partial charge < -0.3 is 5.11 Å². The number of hydrogen-bond acceptors (Lipinski definition) is 2. The van der Waals surface area contributed by atoms with Crippen molar-refractivity contribution in [1.29, 1.82) is 0 Å². The standard InChI is InChI=1S/C10H20O2/c1-7(2)5-6-8(3)10(12)9(4)11/h7-8,10,12H,5-6H2,1-4H3. The predicted molar refractivity (Wildman–Crippen MR) is 49.9 cm³/mol. The third-order valence-corrected chi connectivity index (χ3v) is 2.15. The molecule has 2 unspecified atom stereocenters. The molecule has 1 N–H and O–H groups in total. The van der Waals surface area contributed by atoms with Crippen molar-refractivity contribution in [2.24, 2.45) is 11.8 Å². The molecule has 0 aromatic heterocycles. The maximum Gasteiger partial charge on any atom is 0.158 e. The number of carbonyl (C=O) groups is 1. The van der Waals surface area contributed by atoms with Crippen LogP contribution in [0, 0.1) is 11.8 Å². The summed E-state index contributed by atoms with van der Waals surface area (Å²) in [7, 11) is 0. The summed E-state index contributed by atoms with van der Waals surface area (Å²) < 4.78 is 0. The van der Waals surface area contributed by atoms with E-state index >= 15 is 0 Å². The van der Waals surface area contributed by atoms with E-state index in [0.717, 1.165) is 12.8 Å². The Morgan fingerprint density at radius 1 is 1.25 bits per heavy atom. The van der Waals surface area contributed by atoms with Crippen molar-refractivity contribution in [3.8, 4) is 0 Å². The van der Waals surface area contributed by atoms with Crippen LogP contribution in [0.25, 0.3) is 0 Å². The highest BCUT2D eigenvalue weighted by molar-refractivity contribution is 5.80. The van der Waals surface area contributed by atoms with Crippen molar-refractivity contribution >= 4 is 5.78 Å². The minimum atomic E-state index is -0.760. The molecule has 72 valence electrons. The van der Waals surface area contributed by atoms with Crippen molar-refractivity contribution in [3.63, 3.8) is 0 Å². The Hall–Kier alpha value is -0.370. The van der Waals surface area contributed by atoms with E-state index in [4.69, 9.17) is 0 Å². The van der Waals surface area contributed by atoms with E-state index in [1.165, 1.54) is 6.92 Å². The predicted octanol–water partition coefficient (Wildman–Crippen LogP) is 2.01. The van der Waals surface area contributed by atoms with Crippen LogP contribution in [-0.2, 0) is 4.79 Å². The summed E-state index contributed by atoms with van der Waals surface area (Å²) in [6, 6.07) is 0. The Balaban J connectivity index is 3.71. The second-order valence-electron chi connectivity index (χ2n) is 4.00. The molecule has 0 aliphatic rings. The zero-order chi connectivity index (χ0) is 9.72. The smallest absolute Gasteiger partial charge is 0.158 e. The first kappa shape index (κ1) is 11.6. The van der Waals surface area contributed by atoms with Gasteiger partial charge >= 0.3 is 0 Å². The van der Waals surface area contributed by atoms with Gasteiger partial charge in [-0.3, -0.25) is 4.79 Å². The number of aliphatic hydroxyl groups excluding tert-OH is 1. The summed E-state index contributed by atoms with van der Waals surface area (Å²) >= 11 is 0. The monoisotopic (exact) mass is 172 g/mol. The van der Waals surface area contributed by atoms with Crippen LogP contribution in [0.15, 0.2) is 0 Å². The summed E-state index contributed by atoms with van der Waals surface area (Å²) in [6.07, 6.45) is 1.24. The van der Waals surface area contributed by atoms with Crippen molar-refractivity contribution in [2.45, 2.75) is 46.6 Å². The van der Waals surface area contributed by atoms with Gasteiger partial charge in [-0.1, -0.05) is 27.2 Å². The lowest BCUT2D eigenvalue weighted by molar-refractivity contribution is -0.127. The Morgan fingerprint density at radius 2 is 1.75 bits per heavy atom. The van der Waals surface area contributed by atoms with E-state index in [1.807, 2.05) is 6.92 Å². The van der Waals surface area contributed by atoms with Gasteiger partial charge in [-0.2, -0.15) is 0 Å². The molecule has 0 aromatic carbocycles. The summed E-state index contributed by atoms with van der Waals surface area (Å²) in [5, 5.41) is 9.36. The van der Waals surface area contributed by atoms with E-state index < -0.39 is 6.10 Å². The Morgan fingerprint density at radius 3 is 2.08 bits per heavy atom. The maximum absolute atomic E-state index is 10.8. The van der Waals surface area contributed by atoms with Gasteiger partial charge in [-0.05, 0) is 25.2 Å². The molecule has 0 heterocycles. The average Bonchev–Trinajstić information content (AvgIpc) is 1.98. The van der Waals surface area contributed by atoms with Crippen LogP contribution >= 0.6 is 0 Å². The van der Waals surface area contributed by atoms with Crippen LogP contribution in [0.1, 0.15) is 40.5 Å². The zero-order valence-corrected chi connectivity index (χ0v) is 8.50. The second kappa shape index (κ2) is 5.31. The minimum Gasteiger partial charge on any atom is -0.385 e. The van der Waals surface area contributed by atoms with Gasteiger partial charge in [-0.15, -0.1) is 0 Å². The number of aliphatic hydroxyl groups is 1. The first-order valence-corrected chi connectivity index (χ1v) is 4.63. The molecule has 0 fully saturated rings. The molecule has 0 rings (SSSR count). The average molecular weight is 172 g/mol. The van der Waals surface area contributed by atoms with Crippen molar-refractivity contribution in [2.75, 3.05) is 0 Å². The summed E-state index contributed by atoms with van der Waals surface area (Å²) in [5.74, 6) is 0.628. The molecule has 2 atom stereocenters. The molecular weight excluding hydrogens is 152 g/mol. The minimum absolute atomic E-state index is 0.102. The highest BCUT2D eigenvalue weighted by Crippen LogP contribution is 2.15. The van der Waals surface area contributed by atoms with Crippen LogP contribution in [0.3, 0.4) is 0 Å². The lowest BCUT2D eigenvalue weighted by Crippen LogP contribution is -2.25. The quantitative estimate of drug-likeness (QED) is 0.688. The molecule has 0 saturated carbocycles. The highest BCUT2D eigenvalue weighted by Gasteiger charge is 2.18. The molecule has 0 saturated heterocycles. The third kappa shape index (κ3) is 4.50. The lowest BCUT2D eigenvalue weighted by atomic mass is 9.93. The second-order valence-corrected chi connectivity index (χ2v) is 4.00. The summed E-state index contributed by atoms with van der Waals surface area (Å²) in [5.41, 5.74) is 0. The fraction of sp³-hybridized carbons (Fsp3) is 0.900. The van der Waals surface area contributed by atoms with Gasteiger partial charge in [0, 0.05) is 0 Å². The number of Topliss-reactive ketones (excluding diaryl/α,β-unsaturated/α-hetero) is 1. The number of ketones is 1. The van der Waals surface area contributed by atoms with Gasteiger partial charge in [0.05, 0.1) is 0 Å². The Labute approximate surface area is 75.0 Å². The first-order chi connectivity index (χ1) is 5.45. The lowest BCUT2D eigenvalue weighted by Gasteiger charge is -2.16. The van der Waals surface area contributed by atoms with E-state index in [0.29, 0.717) is 5.92 Å². The van der Waals surface area contributed by atoms with Gasteiger partial charge in [0.2, 0.25) is 0 Å². The molecule has 0 spiro atoms. The molecule has 12 heavy (non-hydrogen) atoms. The van der Waals surface area contributed by atoms with Crippen molar-refractivity contribution in [1.82, 2.24) is 0 Å². The molecule has 0 bridgehead atoms. The van der Waals surface area contributed by atoms with Crippen LogP contribution in [0.5, 0.6) is 0 Å². The highest BCUT2D eigenvalue weighted by atomic mass is 16.3. The first-order valence-electron chi connectivity index (χ1n) is 4.63. The SMILES string of the molecule is CC(=O)C(O)C(C)CCC(C)C. The molecule has 2 nitrogen and oxygen atoms in total. The summed E-state index contributed by atoms with van der Waals surface area (Å²) in [4.78, 5) is 10.8. The molecule has 0 aromatic rings. The Kier molecular flexibility index (Phi) is 5.14. The molecule has 0 amide bonds. The van der Waals surface area contributed by atoms with Crippen molar-refractivity contribution in [3.05, 3.63) is 0 Å². The molecule has 0 radical (unpaired) electrons. The van der Waals surface area contributed by atoms with E-state index in [2.05, 4.69) is 13.8 Å². The molecule has 0 aliphatic carbocycles.